The van der Waals surface area contributed by atoms with Crippen molar-refractivity contribution in [2.45, 2.75) is 44.4 Å². The molecule has 3 N–H and O–H groups in total. The van der Waals surface area contributed by atoms with Crippen molar-refractivity contribution < 1.29 is 19.4 Å². The van der Waals surface area contributed by atoms with Crippen LogP contribution in [-0.4, -0.2) is 35.4 Å². The molecule has 2 amide bonds. The Labute approximate surface area is 122 Å². The van der Waals surface area contributed by atoms with E-state index in [0.29, 0.717) is 5.69 Å². The molecule has 3 unspecified atom stereocenters. The van der Waals surface area contributed by atoms with Crippen LogP contribution in [0.25, 0.3) is 0 Å². The molecule has 2 saturated heterocycles. The van der Waals surface area contributed by atoms with Gasteiger partial charge in [-0.25, -0.2) is 9.59 Å². The molecule has 3 rings (SSSR count). The van der Waals surface area contributed by atoms with Gasteiger partial charge in [-0.05, 0) is 38.3 Å². The lowest BCUT2D eigenvalue weighted by Crippen LogP contribution is -2.43. The monoisotopic (exact) mass is 290 g/mol. The Morgan fingerprint density at radius 3 is 2.76 bits per heavy atom. The van der Waals surface area contributed by atoms with Gasteiger partial charge in [0.2, 0.25) is 0 Å². The van der Waals surface area contributed by atoms with Crippen molar-refractivity contribution in [3.8, 4) is 0 Å². The fourth-order valence-electron chi connectivity index (χ4n) is 3.06. The first-order valence-corrected chi connectivity index (χ1v) is 7.10. The summed E-state index contributed by atoms with van der Waals surface area (Å²) in [5.41, 5.74) is 1.23. The molecule has 112 valence electrons. The first kappa shape index (κ1) is 13.9. The van der Waals surface area contributed by atoms with Gasteiger partial charge in [-0.2, -0.15) is 0 Å². The summed E-state index contributed by atoms with van der Waals surface area (Å²) in [6.07, 6.45) is 3.22. The number of amides is 2. The van der Waals surface area contributed by atoms with E-state index in [0.717, 1.165) is 24.8 Å². The Morgan fingerprint density at radius 2 is 2.14 bits per heavy atom. The van der Waals surface area contributed by atoms with E-state index in [9.17, 15) is 14.7 Å². The number of ether oxygens (including phenoxy) is 1. The lowest BCUT2D eigenvalue weighted by Gasteiger charge is -2.20. The molecule has 2 bridgehead atoms. The van der Waals surface area contributed by atoms with Crippen LogP contribution in [0.4, 0.5) is 10.5 Å². The van der Waals surface area contributed by atoms with Crippen LogP contribution in [0.15, 0.2) is 18.2 Å². The Bertz CT molecular complexity index is 587. The van der Waals surface area contributed by atoms with Gasteiger partial charge in [0.05, 0.1) is 29.5 Å². The standard InChI is InChI=1S/C15H18N2O4/c1-8-2-4-11(10(6-8)14(18)19)16-15(20)17-12-7-9-3-5-13(12)21-9/h2,4,6,9,12-13H,3,5,7H2,1H3,(H,18,19)(H2,16,17,20). The van der Waals surface area contributed by atoms with Crippen molar-refractivity contribution in [2.75, 3.05) is 5.32 Å². The number of carboxylic acid groups (broad SMARTS) is 1. The van der Waals surface area contributed by atoms with E-state index in [1.54, 1.807) is 18.2 Å². The van der Waals surface area contributed by atoms with Crippen LogP contribution in [0.1, 0.15) is 35.2 Å². The Hall–Kier alpha value is -2.08. The molecule has 2 aliphatic heterocycles. The fraction of sp³-hybridized carbons (Fsp3) is 0.467. The third-order valence-electron chi connectivity index (χ3n) is 4.08. The number of benzene rings is 1. The topological polar surface area (TPSA) is 87.7 Å². The van der Waals surface area contributed by atoms with Crippen LogP contribution >= 0.6 is 0 Å². The lowest BCUT2D eigenvalue weighted by atomic mass is 9.96. The lowest BCUT2D eigenvalue weighted by molar-refractivity contribution is 0.0698. The summed E-state index contributed by atoms with van der Waals surface area (Å²) in [5, 5.41) is 14.7. The number of hydrogen-bond acceptors (Lipinski definition) is 3. The largest absolute Gasteiger partial charge is 0.478 e. The molecule has 3 atom stereocenters. The number of aryl methyl sites for hydroxylation is 1. The van der Waals surface area contributed by atoms with Crippen molar-refractivity contribution >= 4 is 17.7 Å². The summed E-state index contributed by atoms with van der Waals surface area (Å²) in [6, 6.07) is 4.54. The van der Waals surface area contributed by atoms with Crippen LogP contribution < -0.4 is 10.6 Å². The van der Waals surface area contributed by atoms with Crippen LogP contribution in [0, 0.1) is 6.92 Å². The van der Waals surface area contributed by atoms with E-state index >= 15 is 0 Å². The SMILES string of the molecule is Cc1ccc(NC(=O)NC2CC3CCC2O3)c(C(=O)O)c1. The molecule has 21 heavy (non-hydrogen) atoms. The van der Waals surface area contributed by atoms with E-state index in [1.165, 1.54) is 0 Å². The van der Waals surface area contributed by atoms with Crippen LogP contribution in [-0.2, 0) is 4.74 Å². The maximum absolute atomic E-state index is 12.0. The van der Waals surface area contributed by atoms with Crippen molar-refractivity contribution in [1.29, 1.82) is 0 Å². The smallest absolute Gasteiger partial charge is 0.337 e. The van der Waals surface area contributed by atoms with Crippen molar-refractivity contribution in [2.24, 2.45) is 0 Å². The van der Waals surface area contributed by atoms with Gasteiger partial charge in [0.1, 0.15) is 0 Å². The molecule has 6 nitrogen and oxygen atoms in total. The van der Waals surface area contributed by atoms with E-state index in [-0.39, 0.29) is 29.8 Å². The highest BCUT2D eigenvalue weighted by atomic mass is 16.5. The molecular weight excluding hydrogens is 272 g/mol. The maximum atomic E-state index is 12.0. The average molecular weight is 290 g/mol. The summed E-state index contributed by atoms with van der Waals surface area (Å²) in [4.78, 5) is 23.2. The predicted octanol–water partition coefficient (Wildman–Crippen LogP) is 2.13. The Morgan fingerprint density at radius 1 is 1.33 bits per heavy atom. The zero-order valence-electron chi connectivity index (χ0n) is 11.8. The normalized spacial score (nSPS) is 26.6. The van der Waals surface area contributed by atoms with Crippen LogP contribution in [0.3, 0.4) is 0 Å². The van der Waals surface area contributed by atoms with Gasteiger partial charge >= 0.3 is 12.0 Å². The Kier molecular flexibility index (Phi) is 3.55. The third-order valence-corrected chi connectivity index (χ3v) is 4.08. The second kappa shape index (κ2) is 5.37. The Balaban J connectivity index is 1.66. The molecule has 0 aromatic heterocycles. The highest BCUT2D eigenvalue weighted by molar-refractivity contribution is 6.00. The zero-order chi connectivity index (χ0) is 15.0. The number of carbonyl (C=O) groups excluding carboxylic acids is 1. The third kappa shape index (κ3) is 2.85. The molecule has 0 saturated carbocycles. The summed E-state index contributed by atoms with van der Waals surface area (Å²) in [5.74, 6) is -1.06. The number of nitrogens with one attached hydrogen (secondary N) is 2. The van der Waals surface area contributed by atoms with Crippen LogP contribution in [0.5, 0.6) is 0 Å². The molecular formula is C15H18N2O4. The van der Waals surface area contributed by atoms with Gasteiger partial charge in [-0.1, -0.05) is 11.6 Å². The van der Waals surface area contributed by atoms with Gasteiger partial charge < -0.3 is 20.5 Å². The van der Waals surface area contributed by atoms with E-state index < -0.39 is 5.97 Å². The summed E-state index contributed by atoms with van der Waals surface area (Å²) >= 11 is 0. The molecule has 2 aliphatic rings. The molecule has 6 heteroatoms. The molecule has 0 radical (unpaired) electrons. The number of rotatable bonds is 3. The van der Waals surface area contributed by atoms with Crippen molar-refractivity contribution in [3.05, 3.63) is 29.3 Å². The number of carbonyl (C=O) groups is 2. The molecule has 1 aromatic rings. The minimum Gasteiger partial charge on any atom is -0.478 e. The molecule has 1 aromatic carbocycles. The first-order chi connectivity index (χ1) is 10.0. The van der Waals surface area contributed by atoms with Gasteiger partial charge in [0, 0.05) is 0 Å². The van der Waals surface area contributed by atoms with E-state index in [2.05, 4.69) is 10.6 Å². The number of fused-ring (bicyclic) bond motifs is 2. The van der Waals surface area contributed by atoms with Crippen molar-refractivity contribution in [3.63, 3.8) is 0 Å². The number of carboxylic acids is 1. The number of urea groups is 1. The molecule has 2 fully saturated rings. The van der Waals surface area contributed by atoms with E-state index in [4.69, 9.17) is 4.74 Å². The van der Waals surface area contributed by atoms with Gasteiger partial charge in [-0.15, -0.1) is 0 Å². The minimum atomic E-state index is -1.06. The average Bonchev–Trinajstić information content (AvgIpc) is 3.02. The maximum Gasteiger partial charge on any atom is 0.337 e. The number of hydrogen-bond donors (Lipinski definition) is 3. The van der Waals surface area contributed by atoms with Gasteiger partial charge in [-0.3, -0.25) is 0 Å². The second-order valence-electron chi connectivity index (χ2n) is 5.67. The highest BCUT2D eigenvalue weighted by Gasteiger charge is 2.41. The highest BCUT2D eigenvalue weighted by Crippen LogP contribution is 2.34. The number of anilines is 1. The molecule has 0 spiro atoms. The van der Waals surface area contributed by atoms with Gasteiger partial charge in [0.25, 0.3) is 0 Å². The number of aromatic carboxylic acids is 1. The summed E-state index contributed by atoms with van der Waals surface area (Å²) < 4.78 is 5.68. The summed E-state index contributed by atoms with van der Waals surface area (Å²) in [6.45, 7) is 1.81. The molecule has 2 heterocycles. The van der Waals surface area contributed by atoms with E-state index in [1.807, 2.05) is 6.92 Å². The van der Waals surface area contributed by atoms with Crippen molar-refractivity contribution in [1.82, 2.24) is 5.32 Å². The quantitative estimate of drug-likeness (QED) is 0.795. The predicted molar refractivity (Wildman–Crippen MR) is 76.6 cm³/mol. The van der Waals surface area contributed by atoms with Gasteiger partial charge in [0.15, 0.2) is 0 Å². The van der Waals surface area contributed by atoms with Crippen LogP contribution in [0.2, 0.25) is 0 Å². The minimum absolute atomic E-state index is 0.0162. The second-order valence-corrected chi connectivity index (χ2v) is 5.67. The molecule has 0 aliphatic carbocycles. The summed E-state index contributed by atoms with van der Waals surface area (Å²) in [7, 11) is 0. The fourth-order valence-corrected chi connectivity index (χ4v) is 3.06. The zero-order valence-corrected chi connectivity index (χ0v) is 11.8. The first-order valence-electron chi connectivity index (χ1n) is 7.10.